The molecule has 8 heteroatoms. The minimum Gasteiger partial charge on any atom is -0.377 e. The number of thioether (sulfide) groups is 1. The number of nitrogens with zero attached hydrogens (tertiary/aromatic N) is 4. The molecular formula is C13H18N6OS. The van der Waals surface area contributed by atoms with Crippen LogP contribution in [0.15, 0.2) is 29.2 Å². The van der Waals surface area contributed by atoms with Gasteiger partial charge in [-0.15, -0.1) is 16.9 Å². The van der Waals surface area contributed by atoms with Gasteiger partial charge in [0.2, 0.25) is 5.91 Å². The molecule has 21 heavy (non-hydrogen) atoms. The molecule has 0 saturated heterocycles. The zero-order chi connectivity index (χ0) is 15.1. The summed E-state index contributed by atoms with van der Waals surface area (Å²) < 4.78 is 1.78. The van der Waals surface area contributed by atoms with Crippen LogP contribution < -0.4 is 11.1 Å². The third-order valence-electron chi connectivity index (χ3n) is 2.74. The van der Waals surface area contributed by atoms with Crippen LogP contribution in [0.4, 0.5) is 5.69 Å². The van der Waals surface area contributed by atoms with Crippen molar-refractivity contribution in [2.24, 2.45) is 5.73 Å². The SMILES string of the molecule is CCCn1nnnc1CNc1ccccc1SCC(N)=O. The number of benzene rings is 1. The van der Waals surface area contributed by atoms with Gasteiger partial charge >= 0.3 is 0 Å². The van der Waals surface area contributed by atoms with Gasteiger partial charge in [-0.2, -0.15) is 0 Å². The lowest BCUT2D eigenvalue weighted by molar-refractivity contribution is -0.115. The second kappa shape index (κ2) is 7.63. The molecule has 0 fully saturated rings. The van der Waals surface area contributed by atoms with Gasteiger partial charge in [0, 0.05) is 17.1 Å². The standard InChI is InChI=1S/C13H18N6OS/c1-2-7-19-13(16-17-18-19)8-15-10-5-3-4-6-11(10)21-9-12(14)20/h3-6,15H,2,7-9H2,1H3,(H2,14,20). The number of carbonyl (C=O) groups is 1. The van der Waals surface area contributed by atoms with Crippen LogP contribution in [0.5, 0.6) is 0 Å². The average molecular weight is 306 g/mol. The Morgan fingerprint density at radius 3 is 3.00 bits per heavy atom. The van der Waals surface area contributed by atoms with Crippen molar-refractivity contribution >= 4 is 23.4 Å². The van der Waals surface area contributed by atoms with Gasteiger partial charge in [0.25, 0.3) is 0 Å². The van der Waals surface area contributed by atoms with Gasteiger partial charge in [-0.25, -0.2) is 4.68 Å². The Hall–Kier alpha value is -2.09. The molecule has 0 radical (unpaired) electrons. The number of hydrogen-bond acceptors (Lipinski definition) is 6. The Balaban J connectivity index is 2.02. The Kier molecular flexibility index (Phi) is 5.56. The predicted octanol–water partition coefficient (Wildman–Crippen LogP) is 1.27. The molecule has 2 rings (SSSR count). The maximum absolute atomic E-state index is 10.9. The number of anilines is 1. The van der Waals surface area contributed by atoms with Crippen LogP contribution in [0.3, 0.4) is 0 Å². The molecule has 2 aromatic rings. The molecule has 0 bridgehead atoms. The van der Waals surface area contributed by atoms with Crippen molar-refractivity contribution < 1.29 is 4.79 Å². The number of aromatic nitrogens is 4. The molecule has 0 unspecified atom stereocenters. The molecule has 1 heterocycles. The first kappa shape index (κ1) is 15.3. The molecular weight excluding hydrogens is 288 g/mol. The van der Waals surface area contributed by atoms with Crippen molar-refractivity contribution in [3.63, 3.8) is 0 Å². The predicted molar refractivity (Wildman–Crippen MR) is 81.8 cm³/mol. The van der Waals surface area contributed by atoms with Crippen LogP contribution in [0.1, 0.15) is 19.2 Å². The van der Waals surface area contributed by atoms with Gasteiger partial charge in [-0.3, -0.25) is 4.79 Å². The molecule has 0 spiro atoms. The van der Waals surface area contributed by atoms with E-state index in [0.29, 0.717) is 6.54 Å². The van der Waals surface area contributed by atoms with Crippen LogP contribution in [0, 0.1) is 0 Å². The van der Waals surface area contributed by atoms with Gasteiger partial charge in [0.1, 0.15) is 0 Å². The summed E-state index contributed by atoms with van der Waals surface area (Å²) in [6.07, 6.45) is 0.975. The Morgan fingerprint density at radius 1 is 1.43 bits per heavy atom. The first-order chi connectivity index (χ1) is 10.2. The lowest BCUT2D eigenvalue weighted by Crippen LogP contribution is -2.13. The van der Waals surface area contributed by atoms with Gasteiger partial charge in [-0.05, 0) is 29.0 Å². The third-order valence-corrected chi connectivity index (χ3v) is 3.83. The number of rotatable bonds is 8. The number of nitrogens with two attached hydrogens (primary N) is 1. The zero-order valence-corrected chi connectivity index (χ0v) is 12.6. The smallest absolute Gasteiger partial charge is 0.227 e. The summed E-state index contributed by atoms with van der Waals surface area (Å²) in [5.41, 5.74) is 6.12. The summed E-state index contributed by atoms with van der Waals surface area (Å²) in [5, 5.41) is 15.0. The first-order valence-corrected chi connectivity index (χ1v) is 7.68. The number of hydrogen-bond donors (Lipinski definition) is 2. The summed E-state index contributed by atoms with van der Waals surface area (Å²) in [4.78, 5) is 11.9. The fourth-order valence-electron chi connectivity index (χ4n) is 1.80. The van der Waals surface area contributed by atoms with Gasteiger partial charge in [0.15, 0.2) is 5.82 Å². The molecule has 1 aromatic heterocycles. The number of nitrogens with one attached hydrogen (secondary N) is 1. The number of para-hydroxylation sites is 1. The average Bonchev–Trinajstić information content (AvgIpc) is 2.91. The second-order valence-electron chi connectivity index (χ2n) is 4.42. The highest BCUT2D eigenvalue weighted by atomic mass is 32.2. The van der Waals surface area contributed by atoms with E-state index < -0.39 is 0 Å². The summed E-state index contributed by atoms with van der Waals surface area (Å²) in [6, 6.07) is 7.77. The Labute approximate surface area is 127 Å². The minimum atomic E-state index is -0.332. The highest BCUT2D eigenvalue weighted by molar-refractivity contribution is 8.00. The van der Waals surface area contributed by atoms with E-state index in [1.54, 1.807) is 4.68 Å². The number of carbonyl (C=O) groups excluding carboxylic acids is 1. The fourth-order valence-corrected chi connectivity index (χ4v) is 2.57. The number of primary amides is 1. The number of amides is 1. The molecule has 0 aliphatic carbocycles. The molecule has 3 N–H and O–H groups in total. The highest BCUT2D eigenvalue weighted by Gasteiger charge is 2.08. The van der Waals surface area contributed by atoms with E-state index in [2.05, 4.69) is 27.8 Å². The van der Waals surface area contributed by atoms with E-state index in [-0.39, 0.29) is 11.7 Å². The van der Waals surface area contributed by atoms with E-state index in [4.69, 9.17) is 5.73 Å². The van der Waals surface area contributed by atoms with E-state index in [1.165, 1.54) is 11.8 Å². The van der Waals surface area contributed by atoms with Crippen molar-refractivity contribution in [1.29, 1.82) is 0 Å². The topological polar surface area (TPSA) is 98.7 Å². The normalized spacial score (nSPS) is 10.5. The van der Waals surface area contributed by atoms with Gasteiger partial charge < -0.3 is 11.1 Å². The molecule has 112 valence electrons. The molecule has 0 saturated carbocycles. The van der Waals surface area contributed by atoms with Gasteiger partial charge in [0.05, 0.1) is 12.3 Å². The third kappa shape index (κ3) is 4.45. The maximum atomic E-state index is 10.9. The van der Waals surface area contributed by atoms with E-state index in [0.717, 1.165) is 29.4 Å². The first-order valence-electron chi connectivity index (χ1n) is 6.69. The molecule has 1 amide bonds. The number of tetrazole rings is 1. The van der Waals surface area contributed by atoms with Crippen LogP contribution in [0.25, 0.3) is 0 Å². The van der Waals surface area contributed by atoms with E-state index >= 15 is 0 Å². The van der Waals surface area contributed by atoms with Crippen LogP contribution in [0.2, 0.25) is 0 Å². The van der Waals surface area contributed by atoms with Crippen LogP contribution in [-0.2, 0) is 17.9 Å². The van der Waals surface area contributed by atoms with Crippen molar-refractivity contribution in [3.05, 3.63) is 30.1 Å². The van der Waals surface area contributed by atoms with E-state index in [1.807, 2.05) is 24.3 Å². The summed E-state index contributed by atoms with van der Waals surface area (Å²) in [7, 11) is 0. The lowest BCUT2D eigenvalue weighted by atomic mass is 10.3. The monoisotopic (exact) mass is 306 g/mol. The highest BCUT2D eigenvalue weighted by Crippen LogP contribution is 2.26. The quantitative estimate of drug-likeness (QED) is 0.713. The van der Waals surface area contributed by atoms with Crippen molar-refractivity contribution in [2.75, 3.05) is 11.1 Å². The molecule has 0 atom stereocenters. The van der Waals surface area contributed by atoms with Gasteiger partial charge in [-0.1, -0.05) is 19.1 Å². The fraction of sp³-hybridized carbons (Fsp3) is 0.385. The van der Waals surface area contributed by atoms with Crippen LogP contribution in [-0.4, -0.2) is 31.9 Å². The Morgan fingerprint density at radius 2 is 2.24 bits per heavy atom. The summed E-state index contributed by atoms with van der Waals surface area (Å²) >= 11 is 1.41. The zero-order valence-electron chi connectivity index (χ0n) is 11.8. The summed E-state index contributed by atoms with van der Waals surface area (Å²) in [6.45, 7) is 3.40. The number of aryl methyl sites for hydroxylation is 1. The lowest BCUT2D eigenvalue weighted by Gasteiger charge is -2.10. The summed E-state index contributed by atoms with van der Waals surface area (Å²) in [5.74, 6) is 0.708. The minimum absolute atomic E-state index is 0.256. The second-order valence-corrected chi connectivity index (χ2v) is 5.44. The van der Waals surface area contributed by atoms with Crippen molar-refractivity contribution in [1.82, 2.24) is 20.2 Å². The molecule has 0 aliphatic rings. The van der Waals surface area contributed by atoms with Crippen molar-refractivity contribution in [3.8, 4) is 0 Å². The largest absolute Gasteiger partial charge is 0.377 e. The molecule has 7 nitrogen and oxygen atoms in total. The maximum Gasteiger partial charge on any atom is 0.227 e. The van der Waals surface area contributed by atoms with Crippen molar-refractivity contribution in [2.45, 2.75) is 31.3 Å². The molecule has 0 aliphatic heterocycles. The van der Waals surface area contributed by atoms with Crippen LogP contribution >= 0.6 is 11.8 Å². The van der Waals surface area contributed by atoms with E-state index in [9.17, 15) is 4.79 Å². The molecule has 1 aromatic carbocycles. The Bertz CT molecular complexity index is 600.